The summed E-state index contributed by atoms with van der Waals surface area (Å²) in [7, 11) is 0. The minimum atomic E-state index is -0.485. The second-order valence-electron chi connectivity index (χ2n) is 6.12. The number of rotatable bonds is 4. The molecule has 26 heavy (non-hydrogen) atoms. The van der Waals surface area contributed by atoms with Crippen LogP contribution in [0.2, 0.25) is 10.0 Å². The highest BCUT2D eigenvalue weighted by Gasteiger charge is 2.35. The number of Topliss-reactive ketones (excluding diaryl/α,β-unsaturated/α-hetero) is 1. The predicted molar refractivity (Wildman–Crippen MR) is 102 cm³/mol. The molecule has 2 amide bonds. The summed E-state index contributed by atoms with van der Waals surface area (Å²) in [6.45, 7) is 1.76. The maximum absolute atomic E-state index is 12.5. The molecule has 3 rings (SSSR count). The topological polar surface area (TPSA) is 66.5 Å². The van der Waals surface area contributed by atoms with Gasteiger partial charge in [-0.1, -0.05) is 23.2 Å². The molecule has 5 nitrogen and oxygen atoms in total. The first-order valence-corrected chi connectivity index (χ1v) is 8.78. The molecule has 7 heteroatoms. The van der Waals surface area contributed by atoms with Crippen LogP contribution in [0.15, 0.2) is 42.5 Å². The number of benzene rings is 2. The summed E-state index contributed by atoms with van der Waals surface area (Å²) in [5.41, 5.74) is 1.70. The zero-order valence-corrected chi connectivity index (χ0v) is 15.5. The third kappa shape index (κ3) is 3.89. The van der Waals surface area contributed by atoms with E-state index in [-0.39, 0.29) is 30.6 Å². The van der Waals surface area contributed by atoms with Gasteiger partial charge in [-0.05, 0) is 49.4 Å². The molecule has 1 atom stereocenters. The smallest absolute Gasteiger partial charge is 0.229 e. The van der Waals surface area contributed by atoms with E-state index < -0.39 is 5.92 Å². The number of halogens is 2. The molecule has 1 fully saturated rings. The van der Waals surface area contributed by atoms with Crippen molar-refractivity contribution in [1.29, 1.82) is 0 Å². The summed E-state index contributed by atoms with van der Waals surface area (Å²) in [5.74, 6) is -0.934. The van der Waals surface area contributed by atoms with Gasteiger partial charge in [0.2, 0.25) is 11.8 Å². The fourth-order valence-corrected chi connectivity index (χ4v) is 3.29. The number of ketones is 1. The predicted octanol–water partition coefficient (Wildman–Crippen LogP) is 4.19. The Kier molecular flexibility index (Phi) is 5.30. The Bertz CT molecular complexity index is 881. The standard InChI is InChI=1S/C19H16Cl2N2O3/c1-11(24)12-2-5-15(6-3-12)23-10-13(8-18(23)25)19(26)22-17-7-4-14(20)9-16(17)21/h2-7,9,13H,8,10H2,1H3,(H,22,26). The third-order valence-electron chi connectivity index (χ3n) is 4.27. The average Bonchev–Trinajstić information content (AvgIpc) is 2.99. The van der Waals surface area contributed by atoms with Crippen LogP contribution in [0, 0.1) is 5.92 Å². The first kappa shape index (κ1) is 18.4. The van der Waals surface area contributed by atoms with Gasteiger partial charge < -0.3 is 10.2 Å². The van der Waals surface area contributed by atoms with E-state index in [1.807, 2.05) is 0 Å². The molecule has 0 spiro atoms. The van der Waals surface area contributed by atoms with Crippen molar-refractivity contribution < 1.29 is 14.4 Å². The van der Waals surface area contributed by atoms with Gasteiger partial charge in [-0.15, -0.1) is 0 Å². The van der Waals surface area contributed by atoms with Crippen molar-refractivity contribution in [2.24, 2.45) is 5.92 Å². The Balaban J connectivity index is 1.70. The largest absolute Gasteiger partial charge is 0.324 e. The van der Waals surface area contributed by atoms with Crippen molar-refractivity contribution in [2.75, 3.05) is 16.8 Å². The molecule has 1 aliphatic heterocycles. The van der Waals surface area contributed by atoms with Gasteiger partial charge in [0, 0.05) is 29.2 Å². The SMILES string of the molecule is CC(=O)c1ccc(N2CC(C(=O)Nc3ccc(Cl)cc3Cl)CC2=O)cc1. The van der Waals surface area contributed by atoms with Gasteiger partial charge in [0.05, 0.1) is 16.6 Å². The van der Waals surface area contributed by atoms with Gasteiger partial charge in [-0.2, -0.15) is 0 Å². The number of nitrogens with zero attached hydrogens (tertiary/aromatic N) is 1. The lowest BCUT2D eigenvalue weighted by molar-refractivity contribution is -0.122. The monoisotopic (exact) mass is 390 g/mol. The summed E-state index contributed by atoms with van der Waals surface area (Å²) in [4.78, 5) is 37.7. The van der Waals surface area contributed by atoms with Crippen LogP contribution >= 0.6 is 23.2 Å². The second kappa shape index (κ2) is 7.48. The highest BCUT2D eigenvalue weighted by atomic mass is 35.5. The lowest BCUT2D eigenvalue weighted by Crippen LogP contribution is -2.28. The minimum Gasteiger partial charge on any atom is -0.324 e. The van der Waals surface area contributed by atoms with Crippen LogP contribution in [0.1, 0.15) is 23.7 Å². The van der Waals surface area contributed by atoms with E-state index >= 15 is 0 Å². The Labute approximate surface area is 160 Å². The molecule has 1 saturated heterocycles. The molecule has 0 bridgehead atoms. The lowest BCUT2D eigenvalue weighted by Gasteiger charge is -2.17. The van der Waals surface area contributed by atoms with E-state index in [2.05, 4.69) is 5.32 Å². The van der Waals surface area contributed by atoms with E-state index in [0.29, 0.717) is 27.0 Å². The first-order chi connectivity index (χ1) is 12.3. The van der Waals surface area contributed by atoms with Crippen molar-refractivity contribution in [3.8, 4) is 0 Å². The van der Waals surface area contributed by atoms with E-state index in [4.69, 9.17) is 23.2 Å². The molecule has 0 radical (unpaired) electrons. The van der Waals surface area contributed by atoms with Gasteiger partial charge in [0.25, 0.3) is 0 Å². The van der Waals surface area contributed by atoms with Crippen LogP contribution in [-0.4, -0.2) is 24.1 Å². The quantitative estimate of drug-likeness (QED) is 0.795. The van der Waals surface area contributed by atoms with Crippen LogP contribution < -0.4 is 10.2 Å². The molecule has 2 aromatic rings. The first-order valence-electron chi connectivity index (χ1n) is 8.02. The summed E-state index contributed by atoms with van der Waals surface area (Å²) in [6, 6.07) is 11.6. The Morgan fingerprint density at radius 1 is 1.12 bits per heavy atom. The van der Waals surface area contributed by atoms with Crippen molar-refractivity contribution in [1.82, 2.24) is 0 Å². The number of hydrogen-bond acceptors (Lipinski definition) is 3. The molecule has 1 N–H and O–H groups in total. The van der Waals surface area contributed by atoms with Crippen LogP contribution in [-0.2, 0) is 9.59 Å². The van der Waals surface area contributed by atoms with E-state index in [1.165, 1.54) is 6.92 Å². The third-order valence-corrected chi connectivity index (χ3v) is 4.82. The second-order valence-corrected chi connectivity index (χ2v) is 6.97. The molecule has 0 aromatic heterocycles. The molecule has 1 aliphatic rings. The fourth-order valence-electron chi connectivity index (χ4n) is 2.83. The van der Waals surface area contributed by atoms with Crippen molar-refractivity contribution in [3.05, 3.63) is 58.1 Å². The molecule has 2 aromatic carbocycles. The van der Waals surface area contributed by atoms with Crippen LogP contribution in [0.5, 0.6) is 0 Å². The van der Waals surface area contributed by atoms with E-state index in [0.717, 1.165) is 0 Å². The highest BCUT2D eigenvalue weighted by molar-refractivity contribution is 6.36. The van der Waals surface area contributed by atoms with Crippen LogP contribution in [0.4, 0.5) is 11.4 Å². The summed E-state index contributed by atoms with van der Waals surface area (Å²) < 4.78 is 0. The molecule has 1 unspecified atom stereocenters. The normalized spacial score (nSPS) is 16.7. The van der Waals surface area contributed by atoms with Crippen LogP contribution in [0.25, 0.3) is 0 Å². The van der Waals surface area contributed by atoms with Gasteiger partial charge in [-0.25, -0.2) is 0 Å². The number of hydrogen-bond donors (Lipinski definition) is 1. The maximum atomic E-state index is 12.5. The Hall–Kier alpha value is -2.37. The molecule has 1 heterocycles. The molecule has 134 valence electrons. The maximum Gasteiger partial charge on any atom is 0.229 e. The van der Waals surface area contributed by atoms with E-state index in [1.54, 1.807) is 47.4 Å². The number of carbonyl (C=O) groups excluding carboxylic acids is 3. The number of nitrogens with one attached hydrogen (secondary N) is 1. The molecular weight excluding hydrogens is 375 g/mol. The summed E-state index contributed by atoms with van der Waals surface area (Å²) >= 11 is 11.9. The molecule has 0 saturated carbocycles. The van der Waals surface area contributed by atoms with Gasteiger partial charge in [-0.3, -0.25) is 14.4 Å². The van der Waals surface area contributed by atoms with Gasteiger partial charge in [0.15, 0.2) is 5.78 Å². The Morgan fingerprint density at radius 2 is 1.81 bits per heavy atom. The minimum absolute atomic E-state index is 0.0404. The Morgan fingerprint density at radius 3 is 2.42 bits per heavy atom. The fraction of sp³-hybridized carbons (Fsp3) is 0.211. The van der Waals surface area contributed by atoms with Crippen LogP contribution in [0.3, 0.4) is 0 Å². The number of anilines is 2. The zero-order chi connectivity index (χ0) is 18.8. The number of carbonyl (C=O) groups is 3. The lowest BCUT2D eigenvalue weighted by atomic mass is 10.1. The summed E-state index contributed by atoms with van der Waals surface area (Å²) in [6.07, 6.45) is 0.117. The summed E-state index contributed by atoms with van der Waals surface area (Å²) in [5, 5.41) is 3.56. The molecular formula is C19H16Cl2N2O3. The van der Waals surface area contributed by atoms with Crippen molar-refractivity contribution in [3.63, 3.8) is 0 Å². The van der Waals surface area contributed by atoms with Crippen molar-refractivity contribution in [2.45, 2.75) is 13.3 Å². The van der Waals surface area contributed by atoms with Gasteiger partial charge in [0.1, 0.15) is 0 Å². The average molecular weight is 391 g/mol. The van der Waals surface area contributed by atoms with Gasteiger partial charge >= 0.3 is 0 Å². The number of amides is 2. The molecule has 0 aliphatic carbocycles. The van der Waals surface area contributed by atoms with Crippen molar-refractivity contribution >= 4 is 52.2 Å². The van der Waals surface area contributed by atoms with E-state index in [9.17, 15) is 14.4 Å². The highest BCUT2D eigenvalue weighted by Crippen LogP contribution is 2.29. The zero-order valence-electron chi connectivity index (χ0n) is 14.0.